The molecule has 5 rings (SSSR count). The van der Waals surface area contributed by atoms with Crippen molar-refractivity contribution in [3.8, 4) is 0 Å². The summed E-state index contributed by atoms with van der Waals surface area (Å²) in [6.45, 7) is 11.8. The topological polar surface area (TPSA) is 79.1 Å². The van der Waals surface area contributed by atoms with Crippen LogP contribution < -0.4 is 5.32 Å². The number of nitrogens with zero attached hydrogens (tertiary/aromatic N) is 5. The number of likely N-dealkylation sites (tertiary alicyclic amines) is 1. The van der Waals surface area contributed by atoms with Gasteiger partial charge in [-0.3, -0.25) is 9.88 Å². The molecule has 2 fully saturated rings. The first-order valence-corrected chi connectivity index (χ1v) is 14.4. The third kappa shape index (κ3) is 6.15. The SMILES string of the molecule is CCC[C@H](C)Nc1ncc2c(C3CCN(Cc4cc(C)nc(C)c4)CC3)cn([C@H]3CC[C@H](O)CC3)c2n1. The molecule has 0 aromatic carbocycles. The Morgan fingerprint density at radius 1 is 1.03 bits per heavy atom. The van der Waals surface area contributed by atoms with Gasteiger partial charge in [-0.2, -0.15) is 4.98 Å². The van der Waals surface area contributed by atoms with Gasteiger partial charge in [-0.15, -0.1) is 0 Å². The smallest absolute Gasteiger partial charge is 0.224 e. The zero-order chi connectivity index (χ0) is 25.9. The van der Waals surface area contributed by atoms with Gasteiger partial charge in [-0.25, -0.2) is 4.98 Å². The highest BCUT2D eigenvalue weighted by atomic mass is 16.3. The number of fused-ring (bicyclic) bond motifs is 1. The summed E-state index contributed by atoms with van der Waals surface area (Å²) in [5.41, 5.74) is 6.04. The molecule has 2 aliphatic rings. The van der Waals surface area contributed by atoms with Crippen molar-refractivity contribution in [2.45, 2.75) is 110 Å². The molecule has 3 aromatic heterocycles. The van der Waals surface area contributed by atoms with Crippen molar-refractivity contribution < 1.29 is 5.11 Å². The minimum atomic E-state index is -0.156. The van der Waals surface area contributed by atoms with Crippen LogP contribution >= 0.6 is 0 Å². The molecule has 7 heteroatoms. The highest BCUT2D eigenvalue weighted by Crippen LogP contribution is 2.38. The second-order valence-corrected chi connectivity index (χ2v) is 11.5. The van der Waals surface area contributed by atoms with Gasteiger partial charge in [0.1, 0.15) is 5.65 Å². The van der Waals surface area contributed by atoms with Crippen molar-refractivity contribution in [1.82, 2.24) is 24.4 Å². The van der Waals surface area contributed by atoms with Gasteiger partial charge >= 0.3 is 0 Å². The van der Waals surface area contributed by atoms with Gasteiger partial charge in [0.05, 0.1) is 6.10 Å². The molecule has 1 saturated carbocycles. The molecule has 2 N–H and O–H groups in total. The maximum atomic E-state index is 10.1. The molecule has 0 amide bonds. The molecule has 7 nitrogen and oxygen atoms in total. The largest absolute Gasteiger partial charge is 0.393 e. The lowest BCUT2D eigenvalue weighted by Crippen LogP contribution is -2.32. The quantitative estimate of drug-likeness (QED) is 0.398. The molecule has 0 unspecified atom stereocenters. The van der Waals surface area contributed by atoms with Crippen molar-refractivity contribution in [2.75, 3.05) is 18.4 Å². The first-order chi connectivity index (χ1) is 17.9. The predicted molar refractivity (Wildman–Crippen MR) is 150 cm³/mol. The van der Waals surface area contributed by atoms with E-state index >= 15 is 0 Å². The highest BCUT2D eigenvalue weighted by Gasteiger charge is 2.28. The maximum Gasteiger partial charge on any atom is 0.224 e. The lowest BCUT2D eigenvalue weighted by molar-refractivity contribution is 0.111. The van der Waals surface area contributed by atoms with Crippen LogP contribution in [0, 0.1) is 13.8 Å². The van der Waals surface area contributed by atoms with Crippen LogP contribution in [0.5, 0.6) is 0 Å². The zero-order valence-corrected chi connectivity index (χ0v) is 23.1. The molecule has 3 aromatic rings. The zero-order valence-electron chi connectivity index (χ0n) is 23.1. The number of pyridine rings is 1. The van der Waals surface area contributed by atoms with Crippen LogP contribution in [0.25, 0.3) is 11.0 Å². The molecule has 37 heavy (non-hydrogen) atoms. The van der Waals surface area contributed by atoms with E-state index in [9.17, 15) is 5.11 Å². The molecular formula is C30H44N6O. The number of aliphatic hydroxyl groups excluding tert-OH is 1. The number of aryl methyl sites for hydroxylation is 2. The van der Waals surface area contributed by atoms with Crippen LogP contribution in [-0.2, 0) is 6.54 Å². The molecule has 4 heterocycles. The predicted octanol–water partition coefficient (Wildman–Crippen LogP) is 5.90. The van der Waals surface area contributed by atoms with Gasteiger partial charge in [0.25, 0.3) is 0 Å². The van der Waals surface area contributed by atoms with E-state index in [1.807, 2.05) is 0 Å². The minimum absolute atomic E-state index is 0.156. The van der Waals surface area contributed by atoms with Gasteiger partial charge in [-0.1, -0.05) is 13.3 Å². The average Bonchev–Trinajstić information content (AvgIpc) is 3.23. The molecule has 0 spiro atoms. The summed E-state index contributed by atoms with van der Waals surface area (Å²) in [6.07, 6.45) is 12.6. The van der Waals surface area contributed by atoms with Crippen LogP contribution in [0.1, 0.15) is 99.7 Å². The van der Waals surface area contributed by atoms with Gasteiger partial charge in [0.15, 0.2) is 0 Å². The Hall–Kier alpha value is -2.51. The van der Waals surface area contributed by atoms with E-state index in [1.165, 1.54) is 16.5 Å². The lowest BCUT2D eigenvalue weighted by Gasteiger charge is -2.32. The van der Waals surface area contributed by atoms with Gasteiger partial charge in [-0.05, 0) is 108 Å². The van der Waals surface area contributed by atoms with Crippen molar-refractivity contribution in [3.05, 3.63) is 47.0 Å². The number of anilines is 1. The van der Waals surface area contributed by atoms with Crippen LogP contribution in [0.4, 0.5) is 5.95 Å². The fourth-order valence-corrected chi connectivity index (χ4v) is 6.46. The van der Waals surface area contributed by atoms with E-state index in [4.69, 9.17) is 9.97 Å². The number of aromatic nitrogens is 4. The minimum Gasteiger partial charge on any atom is -0.393 e. The van der Waals surface area contributed by atoms with Crippen molar-refractivity contribution in [1.29, 1.82) is 0 Å². The molecule has 1 saturated heterocycles. The number of hydrogen-bond acceptors (Lipinski definition) is 6. The summed E-state index contributed by atoms with van der Waals surface area (Å²) in [6, 6.07) is 5.19. The van der Waals surface area contributed by atoms with E-state index in [1.54, 1.807) is 0 Å². The molecular weight excluding hydrogens is 460 g/mol. The summed E-state index contributed by atoms with van der Waals surface area (Å²) >= 11 is 0. The van der Waals surface area contributed by atoms with Gasteiger partial charge < -0.3 is 15.0 Å². The number of hydrogen-bond donors (Lipinski definition) is 2. The van der Waals surface area contributed by atoms with Crippen molar-refractivity contribution >= 4 is 17.0 Å². The Labute approximate surface area is 221 Å². The Morgan fingerprint density at radius 3 is 2.41 bits per heavy atom. The first kappa shape index (κ1) is 26.1. The fraction of sp³-hybridized carbons (Fsp3) is 0.633. The summed E-state index contributed by atoms with van der Waals surface area (Å²) in [7, 11) is 0. The van der Waals surface area contributed by atoms with E-state index in [-0.39, 0.29) is 6.10 Å². The number of nitrogens with one attached hydrogen (secondary N) is 1. The van der Waals surface area contributed by atoms with E-state index in [0.717, 1.165) is 94.0 Å². The molecule has 0 bridgehead atoms. The molecule has 200 valence electrons. The molecule has 1 aliphatic carbocycles. The standard InChI is InChI=1S/C30H44N6O/c1-5-6-20(2)33-30-31-17-27-28(19-36(29(27)34-30)25-7-9-26(37)10-8-25)24-11-13-35(14-12-24)18-23-15-21(3)32-22(4)16-23/h15-17,19-20,24-26,37H,5-14,18H2,1-4H3,(H,31,33,34)/t20-,25-,26-/m0/s1. The summed E-state index contributed by atoms with van der Waals surface area (Å²) in [4.78, 5) is 16.9. The lowest BCUT2D eigenvalue weighted by atomic mass is 9.89. The van der Waals surface area contributed by atoms with Crippen LogP contribution in [0.15, 0.2) is 24.5 Å². The Balaban J connectivity index is 1.36. The second kappa shape index (κ2) is 11.5. The number of piperidine rings is 1. The average molecular weight is 505 g/mol. The second-order valence-electron chi connectivity index (χ2n) is 11.5. The van der Waals surface area contributed by atoms with Crippen LogP contribution in [0.3, 0.4) is 0 Å². The third-order valence-electron chi connectivity index (χ3n) is 8.33. The van der Waals surface area contributed by atoms with E-state index < -0.39 is 0 Å². The maximum absolute atomic E-state index is 10.1. The third-order valence-corrected chi connectivity index (χ3v) is 8.33. The normalized spacial score (nSPS) is 22.4. The number of rotatable bonds is 8. The van der Waals surface area contributed by atoms with Crippen molar-refractivity contribution in [3.63, 3.8) is 0 Å². The van der Waals surface area contributed by atoms with E-state index in [0.29, 0.717) is 18.0 Å². The van der Waals surface area contributed by atoms with Crippen LogP contribution in [0.2, 0.25) is 0 Å². The summed E-state index contributed by atoms with van der Waals surface area (Å²) in [5, 5.41) is 14.8. The molecule has 0 radical (unpaired) electrons. The number of aliphatic hydroxyl groups is 1. The van der Waals surface area contributed by atoms with Gasteiger partial charge in [0.2, 0.25) is 5.95 Å². The van der Waals surface area contributed by atoms with Crippen LogP contribution in [-0.4, -0.2) is 54.8 Å². The molecule has 1 atom stereocenters. The van der Waals surface area contributed by atoms with Gasteiger partial charge in [0, 0.05) is 47.8 Å². The summed E-state index contributed by atoms with van der Waals surface area (Å²) in [5.74, 6) is 1.25. The Bertz CT molecular complexity index is 1170. The fourth-order valence-electron chi connectivity index (χ4n) is 6.46. The Morgan fingerprint density at radius 2 is 1.73 bits per heavy atom. The highest BCUT2D eigenvalue weighted by molar-refractivity contribution is 5.81. The summed E-state index contributed by atoms with van der Waals surface area (Å²) < 4.78 is 2.42. The van der Waals surface area contributed by atoms with Crippen molar-refractivity contribution in [2.24, 2.45) is 0 Å². The molecule has 1 aliphatic heterocycles. The van der Waals surface area contributed by atoms with E-state index in [2.05, 4.69) is 72.0 Å². The first-order valence-electron chi connectivity index (χ1n) is 14.4. The monoisotopic (exact) mass is 504 g/mol. The Kier molecular flexibility index (Phi) is 8.10.